The average molecular weight is 158 g/mol. The summed E-state index contributed by atoms with van der Waals surface area (Å²) in [6.07, 6.45) is 0. The van der Waals surface area contributed by atoms with E-state index in [4.69, 9.17) is 12.4 Å². The van der Waals surface area contributed by atoms with Crippen molar-refractivity contribution in [1.82, 2.24) is 16.3 Å². The molecule has 0 fully saturated rings. The van der Waals surface area contributed by atoms with Crippen molar-refractivity contribution in [2.45, 2.75) is 25.9 Å². The van der Waals surface area contributed by atoms with Crippen LogP contribution in [0.25, 0.3) is 4.85 Å². The molecule has 0 heterocycles. The average Bonchev–Trinajstić information content (AvgIpc) is 2.03. The fourth-order valence-corrected chi connectivity index (χ4v) is 0.522. The van der Waals surface area contributed by atoms with Crippen molar-refractivity contribution in [3.05, 3.63) is 4.85 Å². The van der Waals surface area contributed by atoms with Crippen LogP contribution in [-0.4, -0.2) is 18.8 Å². The molecular weight excluding hydrogens is 142 g/mol. The summed E-state index contributed by atoms with van der Waals surface area (Å²) in [6, 6.07) is 0.419. The molecule has 0 saturated heterocycles. The molecule has 0 aromatic rings. The molecule has 5 nitrogen and oxygen atoms in total. The largest absolute Gasteiger partial charge is 0.329 e. The first-order chi connectivity index (χ1) is 5.22. The summed E-state index contributed by atoms with van der Waals surface area (Å²) in [7, 11) is 0. The van der Waals surface area contributed by atoms with Crippen LogP contribution >= 0.6 is 0 Å². The third-order valence-corrected chi connectivity index (χ3v) is 1.51. The van der Waals surface area contributed by atoms with Crippen molar-refractivity contribution in [3.63, 3.8) is 0 Å². The molecule has 0 spiro atoms. The van der Waals surface area contributed by atoms with Crippen molar-refractivity contribution in [2.75, 3.05) is 6.67 Å². The maximum absolute atomic E-state index is 5.21. The monoisotopic (exact) mass is 158 g/mol. The third kappa shape index (κ3) is 4.70. The van der Waals surface area contributed by atoms with Gasteiger partial charge < -0.3 is 0 Å². The molecule has 0 bridgehead atoms. The van der Waals surface area contributed by atoms with E-state index in [2.05, 4.69) is 21.1 Å². The summed E-state index contributed by atoms with van der Waals surface area (Å²) in [4.78, 5) is 3.37. The normalized spacial score (nSPS) is 15.5. The highest BCUT2D eigenvalue weighted by molar-refractivity contribution is 4.71. The van der Waals surface area contributed by atoms with Crippen LogP contribution in [0, 0.1) is 6.57 Å². The lowest BCUT2D eigenvalue weighted by Crippen LogP contribution is -2.51. The Morgan fingerprint density at radius 3 is 2.55 bits per heavy atom. The molecule has 0 radical (unpaired) electrons. The first kappa shape index (κ1) is 10.3. The second-order valence-electron chi connectivity index (χ2n) is 2.41. The first-order valence-corrected chi connectivity index (χ1v) is 3.53. The van der Waals surface area contributed by atoms with E-state index in [0.717, 1.165) is 0 Å². The minimum atomic E-state index is 0.195. The Kier molecular flexibility index (Phi) is 5.70. The van der Waals surface area contributed by atoms with Gasteiger partial charge >= 0.3 is 6.67 Å². The molecule has 0 aromatic heterocycles. The Hall–Kier alpha value is -0.670. The molecule has 2 atom stereocenters. The minimum Gasteiger partial charge on any atom is -0.271 e. The van der Waals surface area contributed by atoms with Crippen molar-refractivity contribution >= 4 is 0 Å². The van der Waals surface area contributed by atoms with Gasteiger partial charge in [0.15, 0.2) is 0 Å². The van der Waals surface area contributed by atoms with Gasteiger partial charge in [0.1, 0.15) is 0 Å². The predicted molar refractivity (Wildman–Crippen MR) is 45.7 cm³/mol. The maximum Gasteiger partial charge on any atom is 0.329 e. The molecule has 0 saturated carbocycles. The van der Waals surface area contributed by atoms with Gasteiger partial charge in [-0.3, -0.25) is 11.3 Å². The van der Waals surface area contributed by atoms with Crippen LogP contribution in [-0.2, 0) is 0 Å². The van der Waals surface area contributed by atoms with Gasteiger partial charge in [-0.15, -0.1) is 0 Å². The summed E-state index contributed by atoms with van der Waals surface area (Å²) in [6.45, 7) is 9.26. The lowest BCUT2D eigenvalue weighted by atomic mass is 10.2. The Morgan fingerprint density at radius 2 is 2.09 bits per heavy atom. The summed E-state index contributed by atoms with van der Waals surface area (Å²) < 4.78 is 0. The number of hydrazine groups is 2. The predicted octanol–water partition coefficient (Wildman–Crippen LogP) is -0.759. The van der Waals surface area contributed by atoms with Crippen LogP contribution in [0.2, 0.25) is 0 Å². The van der Waals surface area contributed by atoms with E-state index in [9.17, 15) is 0 Å². The number of rotatable bonds is 5. The zero-order valence-corrected chi connectivity index (χ0v) is 6.96. The molecular formula is C6H16N5+. The number of nitrogens with zero attached hydrogens (tertiary/aromatic N) is 1. The zero-order chi connectivity index (χ0) is 8.69. The van der Waals surface area contributed by atoms with Crippen molar-refractivity contribution in [1.29, 1.82) is 0 Å². The molecule has 0 aliphatic heterocycles. The van der Waals surface area contributed by atoms with E-state index in [1.54, 1.807) is 0 Å². The molecule has 0 aliphatic carbocycles. The zero-order valence-electron chi connectivity index (χ0n) is 6.96. The van der Waals surface area contributed by atoms with E-state index in [1.165, 1.54) is 0 Å². The Labute approximate surface area is 67.1 Å². The fraction of sp³-hybridized carbons (Fsp3) is 0.833. The van der Waals surface area contributed by atoms with E-state index in [-0.39, 0.29) is 12.1 Å². The number of hydrogen-bond donors (Lipinski definition) is 4. The quantitative estimate of drug-likeness (QED) is 0.241. The van der Waals surface area contributed by atoms with E-state index < -0.39 is 0 Å². The topological polar surface area (TPSA) is 66.5 Å². The van der Waals surface area contributed by atoms with Crippen LogP contribution < -0.4 is 22.1 Å². The first-order valence-electron chi connectivity index (χ1n) is 3.53. The molecule has 0 rings (SSSR count). The second kappa shape index (κ2) is 6.07. The molecule has 64 valence electrons. The van der Waals surface area contributed by atoms with Crippen LogP contribution in [0.3, 0.4) is 0 Å². The fourth-order valence-electron chi connectivity index (χ4n) is 0.522. The van der Waals surface area contributed by atoms with Crippen LogP contribution in [0.15, 0.2) is 0 Å². The summed E-state index contributed by atoms with van der Waals surface area (Å²) in [5, 5.41) is 0. The minimum absolute atomic E-state index is 0.195. The van der Waals surface area contributed by atoms with E-state index in [0.29, 0.717) is 6.67 Å². The Bertz CT molecular complexity index is 129. The van der Waals surface area contributed by atoms with Gasteiger partial charge in [-0.05, 0) is 13.8 Å². The maximum atomic E-state index is 5.21. The molecule has 0 aromatic carbocycles. The van der Waals surface area contributed by atoms with Crippen LogP contribution in [0.1, 0.15) is 13.8 Å². The number of hydrogen-bond acceptors (Lipinski definition) is 4. The number of nitrogens with two attached hydrogens (primary N) is 1. The van der Waals surface area contributed by atoms with Crippen LogP contribution in [0.5, 0.6) is 0 Å². The summed E-state index contributed by atoms with van der Waals surface area (Å²) >= 11 is 0. The van der Waals surface area contributed by atoms with Crippen molar-refractivity contribution < 1.29 is 0 Å². The SMILES string of the molecule is C#[N+]CNNC(C)C(C)NN. The van der Waals surface area contributed by atoms with E-state index >= 15 is 0 Å². The molecule has 11 heavy (non-hydrogen) atoms. The molecule has 5 heteroatoms. The van der Waals surface area contributed by atoms with E-state index in [1.807, 2.05) is 13.8 Å². The van der Waals surface area contributed by atoms with Gasteiger partial charge in [0.05, 0.1) is 0 Å². The Morgan fingerprint density at radius 1 is 1.45 bits per heavy atom. The lowest BCUT2D eigenvalue weighted by molar-refractivity contribution is 0.377. The van der Waals surface area contributed by atoms with Crippen LogP contribution in [0.4, 0.5) is 0 Å². The molecule has 2 unspecified atom stereocenters. The smallest absolute Gasteiger partial charge is 0.271 e. The summed E-state index contributed by atoms with van der Waals surface area (Å²) in [5.74, 6) is 5.21. The highest BCUT2D eigenvalue weighted by Gasteiger charge is 2.08. The molecule has 5 N–H and O–H groups in total. The third-order valence-electron chi connectivity index (χ3n) is 1.51. The Balaban J connectivity index is 3.37. The molecule has 0 aliphatic rings. The van der Waals surface area contributed by atoms with Gasteiger partial charge in [0.2, 0.25) is 0 Å². The van der Waals surface area contributed by atoms with Gasteiger partial charge in [0.25, 0.3) is 6.57 Å². The van der Waals surface area contributed by atoms with Crippen molar-refractivity contribution in [3.8, 4) is 6.57 Å². The molecule has 0 amide bonds. The number of nitrogens with one attached hydrogen (secondary N) is 3. The van der Waals surface area contributed by atoms with Gasteiger partial charge in [0, 0.05) is 12.1 Å². The van der Waals surface area contributed by atoms with Gasteiger partial charge in [-0.1, -0.05) is 4.85 Å². The van der Waals surface area contributed by atoms with Gasteiger partial charge in [-0.25, -0.2) is 5.43 Å². The highest BCUT2D eigenvalue weighted by Crippen LogP contribution is 1.86. The summed E-state index contributed by atoms with van der Waals surface area (Å²) in [5.41, 5.74) is 8.41. The lowest BCUT2D eigenvalue weighted by Gasteiger charge is -2.18. The standard InChI is InChI=1S/C6H16N5/c1-5(10-7)6(2)11-9-4-8-3/h3,5-6,9-11H,4,7H2,1-2H3/q+1. The van der Waals surface area contributed by atoms with Crippen molar-refractivity contribution in [2.24, 2.45) is 5.84 Å². The second-order valence-corrected chi connectivity index (χ2v) is 2.41. The highest BCUT2D eigenvalue weighted by atomic mass is 15.4. The van der Waals surface area contributed by atoms with Gasteiger partial charge in [-0.2, -0.15) is 5.43 Å².